The van der Waals surface area contributed by atoms with Crippen LogP contribution in [0.1, 0.15) is 114 Å². The number of rotatable bonds is 20. The molecule has 0 spiro atoms. The van der Waals surface area contributed by atoms with E-state index in [2.05, 4.69) is 47.5 Å². The number of para-hydroxylation sites is 1. The van der Waals surface area contributed by atoms with Crippen molar-refractivity contribution in [2.24, 2.45) is 11.8 Å². The van der Waals surface area contributed by atoms with Crippen LogP contribution in [0, 0.1) is 29.3 Å². The zero-order valence-corrected chi connectivity index (χ0v) is 73.6. The number of nitrogens with zero attached hydrogens (tertiary/aromatic N) is 5. The molecular weight excluding hydrogens is 1690 g/mol. The van der Waals surface area contributed by atoms with E-state index < -0.39 is 235 Å². The summed E-state index contributed by atoms with van der Waals surface area (Å²) in [7, 11) is 3.67. The van der Waals surface area contributed by atoms with Crippen LogP contribution in [-0.2, 0) is 104 Å². The second-order valence-electron chi connectivity index (χ2n) is 33.1. The van der Waals surface area contributed by atoms with Crippen molar-refractivity contribution in [2.45, 2.75) is 203 Å². The van der Waals surface area contributed by atoms with Crippen LogP contribution >= 0.6 is 23.5 Å². The van der Waals surface area contributed by atoms with E-state index >= 15 is 51.9 Å². The standard InChI is InChI=1S/C89H111F3N14O19S2/c1-10-11-26-68-88(124)105-43-57(108)39-70(105)83(119)99-65(40-74(110)111)81(117)101-77(49(4)5)89(125)103(8)69(36-51-20-14-12-15-21-51)82(118)100-67(41-75(112)113)86(122)106-47-127-45-72(106)84(120)98-64(38-55-42-93-61-25-19-18-24-58(55)61)80(116)97-63(34-53-27-29-56(107)30-28-53)79(115)96-62(31-48(2)3)78(114)94-50(6)44-126-46-73(109)95-66(35-54-32-59(90)76(92)60(91)33-54)85(121)104(9)71(87(123)102(68)7)37-52-22-16-13-17-23-52/h12-25,27-30,32-33,42,48-50,57,62-72,77,93,107-108H,10-11,26,31,34-41,43-47H2,1-9H3,(H,94,114)(H,95,109)(H,96,115)(H,97,116)(H,98,120)(H,99,119)(H,100,118)(H,101,117)(H,110,111)(H,112,113)/t50-,57-,62+,63+,64+,65+,66+,67+,68+,69+,70-,71+,72-,77+/m1/s1. The van der Waals surface area contributed by atoms with E-state index in [1.165, 1.54) is 59.3 Å². The fraction of sp³-hybridized carbons (Fsp3) is 0.472. The Morgan fingerprint density at radius 3 is 1.63 bits per heavy atom. The number of hydrogen-bond acceptors (Lipinski definition) is 19. The topological polar surface area (TPSA) is 465 Å². The quantitative estimate of drug-likeness (QED) is 0.0485. The third-order valence-corrected chi connectivity index (χ3v) is 24.7. The smallest absolute Gasteiger partial charge is 0.305 e. The highest BCUT2D eigenvalue weighted by Crippen LogP contribution is 2.29. The third kappa shape index (κ3) is 27.0. The third-order valence-electron chi connectivity index (χ3n) is 22.4. The highest BCUT2D eigenvalue weighted by Gasteiger charge is 2.48. The summed E-state index contributed by atoms with van der Waals surface area (Å²) in [6, 6.07) is 9.88. The molecule has 0 saturated carbocycles. The average Bonchev–Trinajstić information content (AvgIpc) is 1.78. The van der Waals surface area contributed by atoms with Crippen LogP contribution in [0.2, 0.25) is 0 Å². The van der Waals surface area contributed by atoms with E-state index in [1.807, 2.05) is 0 Å². The van der Waals surface area contributed by atoms with Crippen molar-refractivity contribution in [3.05, 3.63) is 173 Å². The number of aliphatic carboxylic acids is 2. The van der Waals surface area contributed by atoms with Crippen LogP contribution < -0.4 is 42.5 Å². The molecular formula is C89H111F3N14O19S2. The minimum Gasteiger partial charge on any atom is -0.508 e. The summed E-state index contributed by atoms with van der Waals surface area (Å²) in [4.78, 5) is 230. The molecule has 0 radical (unpaired) electrons. The summed E-state index contributed by atoms with van der Waals surface area (Å²) in [5, 5.41) is 64.4. The molecule has 33 nitrogen and oxygen atoms in total. The number of unbranched alkanes of at least 4 members (excludes halogenated alkanes) is 1. The number of phenolic OH excluding ortho intramolecular Hbond substituents is 1. The minimum absolute atomic E-state index is 0.0139. The summed E-state index contributed by atoms with van der Waals surface area (Å²) >= 11 is 2.04. The van der Waals surface area contributed by atoms with E-state index in [0.717, 1.165) is 48.0 Å². The van der Waals surface area contributed by atoms with Crippen LogP contribution in [0.25, 0.3) is 10.9 Å². The predicted molar refractivity (Wildman–Crippen MR) is 465 cm³/mol. The summed E-state index contributed by atoms with van der Waals surface area (Å²) in [6.45, 7) is 9.42. The monoisotopic (exact) mass is 1800 g/mol. The van der Waals surface area contributed by atoms with E-state index in [1.54, 1.807) is 119 Å². The number of nitrogens with one attached hydrogen (secondary N) is 9. The number of likely N-dealkylation sites (N-methyl/N-ethyl adjacent to an activating group) is 3. The van der Waals surface area contributed by atoms with Crippen molar-refractivity contribution in [1.82, 2.24) is 72.0 Å². The Hall–Kier alpha value is -12.1. The van der Waals surface area contributed by atoms with Gasteiger partial charge in [-0.05, 0) is 89.8 Å². The lowest BCUT2D eigenvalue weighted by Crippen LogP contribution is -2.62. The number of benzene rings is 5. The van der Waals surface area contributed by atoms with Gasteiger partial charge in [0, 0.05) is 101 Å². The van der Waals surface area contributed by atoms with Crippen LogP contribution in [0.15, 0.2) is 128 Å². The zero-order valence-electron chi connectivity index (χ0n) is 72.0. The molecule has 684 valence electrons. The number of carbonyl (C=O) groups excluding carboxylic acids is 13. The Morgan fingerprint density at radius 2 is 1.02 bits per heavy atom. The van der Waals surface area contributed by atoms with Gasteiger partial charge in [0.05, 0.1) is 30.6 Å². The van der Waals surface area contributed by atoms with Gasteiger partial charge in [-0.15, -0.1) is 23.5 Å². The first kappa shape index (κ1) is 98.7. The Labute approximate surface area is 741 Å². The highest BCUT2D eigenvalue weighted by molar-refractivity contribution is 8.00. The average molecular weight is 1800 g/mol. The largest absolute Gasteiger partial charge is 0.508 e. The van der Waals surface area contributed by atoms with Crippen molar-refractivity contribution in [1.29, 1.82) is 0 Å². The van der Waals surface area contributed by atoms with Gasteiger partial charge >= 0.3 is 11.9 Å². The van der Waals surface area contributed by atoms with E-state index in [-0.39, 0.29) is 79.6 Å². The lowest BCUT2D eigenvalue weighted by molar-refractivity contribution is -0.152. The first-order valence-corrected chi connectivity index (χ1v) is 44.3. The van der Waals surface area contributed by atoms with Gasteiger partial charge in [0.2, 0.25) is 76.8 Å². The Kier molecular flexibility index (Phi) is 35.7. The molecule has 0 aliphatic carbocycles. The van der Waals surface area contributed by atoms with Gasteiger partial charge in [0.25, 0.3) is 0 Å². The van der Waals surface area contributed by atoms with Gasteiger partial charge in [-0.2, -0.15) is 0 Å². The summed E-state index contributed by atoms with van der Waals surface area (Å²) in [6.07, 6.45) is -3.71. The Balaban J connectivity index is 1.10. The summed E-state index contributed by atoms with van der Waals surface area (Å²) in [5.41, 5.74) is 2.17. The van der Waals surface area contributed by atoms with Gasteiger partial charge in [-0.1, -0.05) is 138 Å². The first-order valence-electron chi connectivity index (χ1n) is 42.0. The summed E-state index contributed by atoms with van der Waals surface area (Å²) in [5.74, 6) is -23.2. The molecule has 3 aliphatic heterocycles. The maximum absolute atomic E-state index is 15.6. The molecule has 127 heavy (non-hydrogen) atoms. The van der Waals surface area contributed by atoms with Gasteiger partial charge in [-0.25, -0.2) is 13.2 Å². The number of aromatic hydroxyl groups is 1. The number of thioether (sulfide) groups is 2. The number of carboxylic acids is 2. The number of carbonyl (C=O) groups is 15. The lowest BCUT2D eigenvalue weighted by atomic mass is 9.98. The lowest BCUT2D eigenvalue weighted by Gasteiger charge is -2.38. The molecule has 4 heterocycles. The molecule has 14 atom stereocenters. The molecule has 1 aromatic heterocycles. The molecule has 5 aromatic carbocycles. The van der Waals surface area contributed by atoms with Crippen molar-refractivity contribution < 1.29 is 106 Å². The fourth-order valence-corrected chi connectivity index (χ4v) is 17.6. The van der Waals surface area contributed by atoms with E-state index in [0.29, 0.717) is 51.7 Å². The minimum atomic E-state index is -2.04. The van der Waals surface area contributed by atoms with Crippen molar-refractivity contribution >= 4 is 123 Å². The molecule has 6 aromatic rings. The van der Waals surface area contributed by atoms with Crippen molar-refractivity contribution in [2.75, 3.05) is 50.8 Å². The highest BCUT2D eigenvalue weighted by atomic mass is 32.2. The zero-order chi connectivity index (χ0) is 92.8. The second kappa shape index (κ2) is 45.9. The predicted octanol–water partition coefficient (Wildman–Crippen LogP) is 3.64. The number of aliphatic hydroxyl groups excluding tert-OH is 1. The normalized spacial score (nSPS) is 24.8. The maximum atomic E-state index is 15.6. The number of fused-ring (bicyclic) bond motifs is 3. The molecule has 38 heteroatoms. The number of halogens is 3. The molecule has 0 bridgehead atoms. The first-order chi connectivity index (χ1) is 60.3. The molecule has 3 fully saturated rings. The van der Waals surface area contributed by atoms with Gasteiger partial charge < -0.3 is 92.4 Å². The second-order valence-corrected chi connectivity index (χ2v) is 35.1. The molecule has 9 rings (SSSR count). The number of phenols is 1. The maximum Gasteiger partial charge on any atom is 0.305 e. The van der Waals surface area contributed by atoms with E-state index in [4.69, 9.17) is 0 Å². The number of aromatic nitrogens is 1. The fourth-order valence-electron chi connectivity index (χ4n) is 15.6. The van der Waals surface area contributed by atoms with E-state index in [9.17, 15) is 53.6 Å². The Bertz CT molecular complexity index is 4940. The number of H-pyrrole nitrogens is 1. The molecule has 3 aliphatic rings. The SMILES string of the molecule is CCCC[C@H]1C(=O)N2C[C@H](O)C[C@@H]2C(=O)N[C@@H](CC(=O)O)C(=O)N[C@@H](C(C)C)C(=O)N(C)[C@@H](Cc2ccccc2)C(=O)N[C@@H](CC(=O)O)C(=O)N2CSC[C@@H]2C(=O)N[C@@H](Cc2c[nH]c3ccccc23)C(=O)N[C@@H](Cc2ccc(O)cc2)C(=O)N[C@@H](CC(C)C)C(=O)N[C@H](C)CSCC(=O)N[C@@H](Cc2cc(F)c(F)c(F)c2)C(=O)N(C)[C@@H](Cc2ccccc2)C(=O)N1C. The van der Waals surface area contributed by atoms with Gasteiger partial charge in [0.15, 0.2) is 17.5 Å². The number of carboxylic acid groups (broad SMARTS) is 2. The Morgan fingerprint density at radius 1 is 0.496 bits per heavy atom. The molecule has 13 amide bonds. The van der Waals surface area contributed by atoms with Crippen molar-refractivity contribution in [3.63, 3.8) is 0 Å². The van der Waals surface area contributed by atoms with Crippen LogP contribution in [0.3, 0.4) is 0 Å². The summed E-state index contributed by atoms with van der Waals surface area (Å²) < 4.78 is 44.8. The number of hydrogen-bond donors (Lipinski definition) is 13. The van der Waals surface area contributed by atoms with Crippen LogP contribution in [0.5, 0.6) is 5.75 Å². The van der Waals surface area contributed by atoms with Crippen molar-refractivity contribution in [3.8, 4) is 5.75 Å². The number of aliphatic hydroxyl groups is 1. The van der Waals surface area contributed by atoms with Gasteiger partial charge in [0.1, 0.15) is 78.3 Å². The molecule has 3 saturated heterocycles. The molecule has 0 unspecified atom stereocenters. The van der Waals surface area contributed by atoms with Gasteiger partial charge in [-0.3, -0.25) is 71.9 Å². The number of amides is 13. The van der Waals surface area contributed by atoms with Crippen LogP contribution in [0.4, 0.5) is 13.2 Å². The molecule has 13 N–H and O–H groups in total. The number of aromatic amines is 1. The van der Waals surface area contributed by atoms with Crippen LogP contribution in [-0.4, -0.2) is 274 Å².